The van der Waals surface area contributed by atoms with Crippen LogP contribution in [0.1, 0.15) is 17.6 Å². The van der Waals surface area contributed by atoms with E-state index in [2.05, 4.69) is 26.9 Å². The third kappa shape index (κ3) is 5.73. The third-order valence-electron chi connectivity index (χ3n) is 6.35. The van der Waals surface area contributed by atoms with E-state index in [1.165, 1.54) is 12.1 Å². The molecule has 0 radical (unpaired) electrons. The van der Waals surface area contributed by atoms with E-state index in [9.17, 15) is 13.9 Å². The fourth-order valence-corrected chi connectivity index (χ4v) is 5.34. The number of piperazine rings is 1. The molecule has 1 aliphatic heterocycles. The third-order valence-corrected chi connectivity index (χ3v) is 7.30. The quantitative estimate of drug-likeness (QED) is 0.372. The highest BCUT2D eigenvalue weighted by Gasteiger charge is 2.26. The molecule has 7 nitrogen and oxygen atoms in total. The van der Waals surface area contributed by atoms with Crippen LogP contribution in [0.2, 0.25) is 0 Å². The van der Waals surface area contributed by atoms with E-state index >= 15 is 0 Å². The van der Waals surface area contributed by atoms with Crippen LogP contribution in [0, 0.1) is 18.6 Å². The first-order valence-corrected chi connectivity index (χ1v) is 12.7. The Morgan fingerprint density at radius 3 is 2.86 bits per heavy atom. The van der Waals surface area contributed by atoms with Crippen molar-refractivity contribution >= 4 is 21.6 Å². The fraction of sp³-hybridized carbons (Fsp3) is 0.385. The van der Waals surface area contributed by atoms with Crippen LogP contribution in [-0.2, 0) is 6.54 Å². The van der Waals surface area contributed by atoms with Crippen molar-refractivity contribution in [2.45, 2.75) is 32.5 Å². The molecule has 0 unspecified atom stereocenters. The van der Waals surface area contributed by atoms with E-state index in [1.807, 2.05) is 25.1 Å². The Morgan fingerprint density at radius 2 is 2.06 bits per heavy atom. The van der Waals surface area contributed by atoms with Crippen molar-refractivity contribution in [3.63, 3.8) is 0 Å². The number of rotatable bonds is 8. The molecule has 2 atom stereocenters. The van der Waals surface area contributed by atoms with E-state index in [-0.39, 0.29) is 24.0 Å². The molecule has 1 aliphatic rings. The molecule has 3 heterocycles. The lowest BCUT2D eigenvalue weighted by Gasteiger charge is -2.40. The number of β-amino-alcohol motifs (C(OH)–C–C–N with tert-alkyl or cyclic N) is 1. The molecule has 5 rings (SSSR count). The lowest BCUT2D eigenvalue weighted by molar-refractivity contribution is 0.0250. The van der Waals surface area contributed by atoms with Gasteiger partial charge in [0.25, 0.3) is 0 Å². The van der Waals surface area contributed by atoms with Gasteiger partial charge in [-0.3, -0.25) is 9.80 Å². The van der Waals surface area contributed by atoms with Crippen molar-refractivity contribution in [3.05, 3.63) is 64.8 Å². The van der Waals surface area contributed by atoms with Gasteiger partial charge in [-0.25, -0.2) is 13.8 Å². The van der Waals surface area contributed by atoms with Gasteiger partial charge >= 0.3 is 0 Å². The molecule has 0 bridgehead atoms. The summed E-state index contributed by atoms with van der Waals surface area (Å²) in [6.45, 7) is 7.78. The number of aryl methyl sites for hydroxylation is 1. The van der Waals surface area contributed by atoms with Gasteiger partial charge in [0.05, 0.1) is 26.5 Å². The second-order valence-corrected chi connectivity index (χ2v) is 10.4. The van der Waals surface area contributed by atoms with Crippen LogP contribution in [0.15, 0.2) is 47.0 Å². The topological polar surface area (TPSA) is 74.9 Å². The number of nitrogens with zero attached hydrogens (tertiary/aromatic N) is 4. The van der Waals surface area contributed by atoms with E-state index < -0.39 is 17.7 Å². The monoisotopic (exact) mass is 514 g/mol. The second-order valence-electron chi connectivity index (χ2n) is 9.21. The van der Waals surface area contributed by atoms with E-state index in [0.717, 1.165) is 40.9 Å². The minimum atomic E-state index is -0.680. The maximum Gasteiger partial charge on any atom is 0.170 e. The minimum Gasteiger partial charge on any atom is -0.491 e. The van der Waals surface area contributed by atoms with Gasteiger partial charge in [-0.2, -0.15) is 0 Å². The number of aromatic nitrogens is 2. The lowest BCUT2D eigenvalue weighted by Crippen LogP contribution is -2.53. The molecule has 2 aromatic heterocycles. The van der Waals surface area contributed by atoms with Crippen LogP contribution in [0.4, 0.5) is 8.78 Å². The first-order chi connectivity index (χ1) is 17.3. The van der Waals surface area contributed by atoms with Gasteiger partial charge in [0.2, 0.25) is 0 Å². The molecule has 1 saturated heterocycles. The Balaban J connectivity index is 1.10. The average Bonchev–Trinajstić information content (AvgIpc) is 3.44. The van der Waals surface area contributed by atoms with Crippen LogP contribution < -0.4 is 4.74 Å². The molecular weight excluding hydrogens is 486 g/mol. The predicted octanol–water partition coefficient (Wildman–Crippen LogP) is 4.48. The number of hydrogen-bond acceptors (Lipinski definition) is 8. The van der Waals surface area contributed by atoms with Crippen LogP contribution in [0.3, 0.4) is 0 Å². The number of halogens is 2. The van der Waals surface area contributed by atoms with Gasteiger partial charge in [-0.15, -0.1) is 11.3 Å². The maximum absolute atomic E-state index is 14.1. The van der Waals surface area contributed by atoms with Crippen molar-refractivity contribution in [2.24, 2.45) is 0 Å². The molecule has 0 amide bonds. The Kier molecular flexibility index (Phi) is 7.29. The van der Waals surface area contributed by atoms with Crippen molar-refractivity contribution < 1.29 is 23.1 Å². The zero-order valence-corrected chi connectivity index (χ0v) is 21.0. The SMILES string of the molecule is Cc1nc2cc(OC[C@H](O)CN3CCN(Cc4cc(-c5ccc(F)cc5F)on4)[C@@H](C)C3)ccc2s1. The average molecular weight is 515 g/mol. The molecule has 36 heavy (non-hydrogen) atoms. The largest absolute Gasteiger partial charge is 0.491 e. The molecule has 2 aromatic carbocycles. The molecule has 0 spiro atoms. The summed E-state index contributed by atoms with van der Waals surface area (Å²) in [7, 11) is 0. The molecule has 10 heteroatoms. The molecular formula is C26H28F2N4O3S. The summed E-state index contributed by atoms with van der Waals surface area (Å²) in [6, 6.07) is 11.1. The lowest BCUT2D eigenvalue weighted by atomic mass is 10.1. The van der Waals surface area contributed by atoms with Gasteiger partial charge < -0.3 is 14.4 Å². The zero-order chi connectivity index (χ0) is 25.2. The number of fused-ring (bicyclic) bond motifs is 1. The van der Waals surface area contributed by atoms with Gasteiger partial charge in [0, 0.05) is 57.0 Å². The van der Waals surface area contributed by atoms with Crippen LogP contribution >= 0.6 is 11.3 Å². The minimum absolute atomic E-state index is 0.186. The van der Waals surface area contributed by atoms with Crippen LogP contribution in [0.5, 0.6) is 5.75 Å². The molecule has 1 fully saturated rings. The summed E-state index contributed by atoms with van der Waals surface area (Å²) in [5.41, 5.74) is 1.79. The number of aliphatic hydroxyl groups excluding tert-OH is 1. The second kappa shape index (κ2) is 10.6. The number of thiazole rings is 1. The molecule has 4 aromatic rings. The number of benzene rings is 2. The van der Waals surface area contributed by atoms with Crippen molar-refractivity contribution in [2.75, 3.05) is 32.8 Å². The van der Waals surface area contributed by atoms with Gasteiger partial charge in [-0.1, -0.05) is 5.16 Å². The molecule has 0 saturated carbocycles. The summed E-state index contributed by atoms with van der Waals surface area (Å²) in [4.78, 5) is 8.98. The number of ether oxygens (including phenoxy) is 1. The van der Waals surface area contributed by atoms with Gasteiger partial charge in [-0.05, 0) is 38.1 Å². The van der Waals surface area contributed by atoms with E-state index in [4.69, 9.17) is 9.26 Å². The summed E-state index contributed by atoms with van der Waals surface area (Å²) in [5, 5.41) is 15.6. The summed E-state index contributed by atoms with van der Waals surface area (Å²) in [5.74, 6) is -0.328. The molecule has 190 valence electrons. The van der Waals surface area contributed by atoms with Gasteiger partial charge in [0.15, 0.2) is 5.76 Å². The van der Waals surface area contributed by atoms with E-state index in [1.54, 1.807) is 17.4 Å². The Labute approximate surface area is 211 Å². The fourth-order valence-electron chi connectivity index (χ4n) is 4.54. The molecule has 1 N–H and O–H groups in total. The Morgan fingerprint density at radius 1 is 1.19 bits per heavy atom. The van der Waals surface area contributed by atoms with Gasteiger partial charge in [0.1, 0.15) is 30.1 Å². The Bertz CT molecular complexity index is 1340. The highest BCUT2D eigenvalue weighted by atomic mass is 32.1. The smallest absolute Gasteiger partial charge is 0.170 e. The van der Waals surface area contributed by atoms with Crippen molar-refractivity contribution in [1.29, 1.82) is 0 Å². The van der Waals surface area contributed by atoms with E-state index in [0.29, 0.717) is 24.5 Å². The standard InChI is InChI=1S/C26H28F2N4O3S/c1-16-12-31(14-20(33)15-34-21-4-6-26-24(11-21)29-17(2)36-26)7-8-32(16)13-19-10-25(35-30-19)22-5-3-18(27)9-23(22)28/h3-6,9-11,16,20,33H,7-8,12-15H2,1-2H3/t16-,20+/m0/s1. The zero-order valence-electron chi connectivity index (χ0n) is 20.2. The predicted molar refractivity (Wildman–Crippen MR) is 134 cm³/mol. The highest BCUT2D eigenvalue weighted by molar-refractivity contribution is 7.18. The van der Waals surface area contributed by atoms with Crippen molar-refractivity contribution in [3.8, 4) is 17.1 Å². The first kappa shape index (κ1) is 24.8. The summed E-state index contributed by atoms with van der Waals surface area (Å²) >= 11 is 1.65. The number of hydrogen-bond donors (Lipinski definition) is 1. The van der Waals surface area contributed by atoms with Crippen molar-refractivity contribution in [1.82, 2.24) is 19.9 Å². The molecule has 0 aliphatic carbocycles. The normalized spacial score (nSPS) is 18.1. The summed E-state index contributed by atoms with van der Waals surface area (Å²) < 4.78 is 39.5. The van der Waals surface area contributed by atoms with Crippen LogP contribution in [0.25, 0.3) is 21.5 Å². The Hall–Kier alpha value is -2.92. The first-order valence-electron chi connectivity index (χ1n) is 11.9. The summed E-state index contributed by atoms with van der Waals surface area (Å²) in [6.07, 6.45) is -0.611. The highest BCUT2D eigenvalue weighted by Crippen LogP contribution is 2.27. The maximum atomic E-state index is 14.1. The number of aliphatic hydroxyl groups is 1. The van der Waals surface area contributed by atoms with Crippen LogP contribution in [-0.4, -0.2) is 70.0 Å².